The zero-order valence-corrected chi connectivity index (χ0v) is 36.3. The summed E-state index contributed by atoms with van der Waals surface area (Å²) in [5.41, 5.74) is 5.94. The first-order valence-electron chi connectivity index (χ1n) is 21.9. The molecule has 4 heterocycles. The number of imidazole rings is 2. The summed E-state index contributed by atoms with van der Waals surface area (Å²) < 4.78 is 4.81. The number of nitrogens with zero attached hydrogens (tertiary/aromatic N) is 4. The van der Waals surface area contributed by atoms with Gasteiger partial charge >= 0.3 is 6.09 Å². The molecule has 2 saturated heterocycles. The molecule has 4 aromatic carbocycles. The number of aromatic nitrogens is 4. The van der Waals surface area contributed by atoms with Crippen LogP contribution in [0.25, 0.3) is 55.2 Å². The standard InChI is InChI=1S/C49H56N8O5/c1-7-42(58)54-43(28(2)3)47(59)56-24-12-18-40(56)45-50-26-38(52-45)36-22-20-34(30-14-8-10-16-32(30)36)35-21-23-37(33-17-11-9-15-31(33)35)39-27-51-46(53-39)41-19-13-25-57(41)48(60)44(29(4)5)55-49(61)62-6/h8-11,14-17,20-23,26-29,40-41,43-44H,7,12-13,18-19,24-25H2,1-6H3,(H,50,52)(H,51,53)(H,54,58)(H,55,61)/t40-,41-,43-,44-/m0/s1. The van der Waals surface area contributed by atoms with Gasteiger partial charge in [0.1, 0.15) is 23.7 Å². The first-order valence-corrected chi connectivity index (χ1v) is 21.9. The van der Waals surface area contributed by atoms with Crippen molar-refractivity contribution < 1.29 is 23.9 Å². The zero-order valence-electron chi connectivity index (χ0n) is 36.3. The third-order valence-electron chi connectivity index (χ3n) is 12.6. The molecule has 0 saturated carbocycles. The maximum Gasteiger partial charge on any atom is 0.407 e. The second-order valence-electron chi connectivity index (χ2n) is 17.2. The molecule has 8 rings (SSSR count). The van der Waals surface area contributed by atoms with E-state index in [0.717, 1.165) is 92.5 Å². The van der Waals surface area contributed by atoms with Gasteiger partial charge in [0, 0.05) is 30.6 Å². The number of likely N-dealkylation sites (tertiary alicyclic amines) is 2. The van der Waals surface area contributed by atoms with Crippen molar-refractivity contribution in [3.63, 3.8) is 0 Å². The number of fused-ring (bicyclic) bond motifs is 2. The van der Waals surface area contributed by atoms with Gasteiger partial charge in [0.05, 0.1) is 43.0 Å². The Kier molecular flexibility index (Phi) is 12.1. The van der Waals surface area contributed by atoms with Crippen LogP contribution in [0, 0.1) is 11.8 Å². The predicted molar refractivity (Wildman–Crippen MR) is 241 cm³/mol. The fourth-order valence-corrected chi connectivity index (χ4v) is 9.30. The van der Waals surface area contributed by atoms with Gasteiger partial charge in [-0.1, -0.05) is 107 Å². The highest BCUT2D eigenvalue weighted by molar-refractivity contribution is 6.11. The van der Waals surface area contributed by atoms with Gasteiger partial charge in [-0.25, -0.2) is 14.8 Å². The number of ether oxygens (including phenoxy) is 1. The number of alkyl carbamates (subject to hydrolysis) is 1. The Morgan fingerprint density at radius 1 is 0.645 bits per heavy atom. The monoisotopic (exact) mass is 836 g/mol. The van der Waals surface area contributed by atoms with Gasteiger partial charge in [-0.05, 0) is 70.2 Å². The number of aromatic amines is 2. The number of nitrogens with one attached hydrogen (secondary N) is 4. The van der Waals surface area contributed by atoms with Crippen LogP contribution < -0.4 is 10.6 Å². The molecule has 0 bridgehead atoms. The van der Waals surface area contributed by atoms with Crippen LogP contribution in [0.1, 0.15) is 90.5 Å². The number of methoxy groups -OCH3 is 1. The number of benzene rings is 4. The van der Waals surface area contributed by atoms with Crippen LogP contribution >= 0.6 is 0 Å². The molecule has 0 radical (unpaired) electrons. The third kappa shape index (κ3) is 8.03. The highest BCUT2D eigenvalue weighted by Crippen LogP contribution is 2.42. The van der Waals surface area contributed by atoms with Crippen LogP contribution in [0.2, 0.25) is 0 Å². The SMILES string of the molecule is CCC(=O)N[C@H](C(=O)N1CCC[C@H]1c1ncc(-c2ccc(-c3ccc(-c4cnc([C@@H]5CCCN5C(=O)[C@@H](NC(=O)OC)C(C)C)[nH]4)c4ccccc34)c3ccccc23)[nH]1)C(C)C. The van der Waals surface area contributed by atoms with Gasteiger partial charge in [-0.2, -0.15) is 0 Å². The van der Waals surface area contributed by atoms with E-state index in [1.807, 2.05) is 56.0 Å². The Hall–Kier alpha value is -6.50. The molecule has 62 heavy (non-hydrogen) atoms. The Morgan fingerprint density at radius 3 is 1.45 bits per heavy atom. The van der Waals surface area contributed by atoms with E-state index in [2.05, 4.69) is 87.3 Å². The smallest absolute Gasteiger partial charge is 0.407 e. The summed E-state index contributed by atoms with van der Waals surface area (Å²) in [4.78, 5) is 72.6. The van der Waals surface area contributed by atoms with Gasteiger partial charge in [0.15, 0.2) is 0 Å². The minimum atomic E-state index is -0.707. The van der Waals surface area contributed by atoms with Crippen LogP contribution in [0.3, 0.4) is 0 Å². The molecule has 322 valence electrons. The molecule has 2 aliphatic rings. The summed E-state index contributed by atoms with van der Waals surface area (Å²) in [6.45, 7) is 10.7. The van der Waals surface area contributed by atoms with Gasteiger partial charge in [0.2, 0.25) is 17.7 Å². The largest absolute Gasteiger partial charge is 0.453 e. The summed E-state index contributed by atoms with van der Waals surface area (Å²) in [7, 11) is 1.30. The third-order valence-corrected chi connectivity index (χ3v) is 12.6. The highest BCUT2D eigenvalue weighted by Gasteiger charge is 2.39. The van der Waals surface area contributed by atoms with E-state index >= 15 is 0 Å². The van der Waals surface area contributed by atoms with Crippen molar-refractivity contribution >= 4 is 45.4 Å². The van der Waals surface area contributed by atoms with E-state index in [9.17, 15) is 19.2 Å². The molecule has 4 atom stereocenters. The quantitative estimate of drug-likeness (QED) is 0.0958. The van der Waals surface area contributed by atoms with Gasteiger partial charge < -0.3 is 35.1 Å². The number of carbonyl (C=O) groups excluding carboxylic acids is 4. The molecule has 0 aliphatic carbocycles. The number of hydrogen-bond acceptors (Lipinski definition) is 7. The maximum absolute atomic E-state index is 13.8. The topological polar surface area (TPSA) is 165 Å². The second-order valence-corrected chi connectivity index (χ2v) is 17.2. The molecule has 2 aliphatic heterocycles. The van der Waals surface area contributed by atoms with Crippen molar-refractivity contribution in [2.75, 3.05) is 20.2 Å². The number of carbonyl (C=O) groups is 4. The Morgan fingerprint density at radius 2 is 1.05 bits per heavy atom. The molecule has 2 fully saturated rings. The normalized spacial score (nSPS) is 17.5. The van der Waals surface area contributed by atoms with Crippen molar-refractivity contribution in [1.82, 2.24) is 40.4 Å². The second kappa shape index (κ2) is 17.8. The van der Waals surface area contributed by atoms with E-state index in [1.54, 1.807) is 6.92 Å². The van der Waals surface area contributed by atoms with E-state index in [1.165, 1.54) is 7.11 Å². The van der Waals surface area contributed by atoms with E-state index in [4.69, 9.17) is 14.7 Å². The molecule has 13 heteroatoms. The van der Waals surface area contributed by atoms with E-state index < -0.39 is 18.2 Å². The number of hydrogen-bond donors (Lipinski definition) is 4. The fourth-order valence-electron chi connectivity index (χ4n) is 9.30. The molecule has 4 amide bonds. The van der Waals surface area contributed by atoms with Crippen molar-refractivity contribution in [2.45, 2.75) is 90.9 Å². The minimum absolute atomic E-state index is 0.0441. The van der Waals surface area contributed by atoms with Crippen LogP contribution in [-0.4, -0.2) is 85.8 Å². The number of amides is 4. The molecular formula is C49H56N8O5. The molecule has 4 N–H and O–H groups in total. The molecule has 0 unspecified atom stereocenters. The first kappa shape index (κ1) is 42.2. The summed E-state index contributed by atoms with van der Waals surface area (Å²) >= 11 is 0. The van der Waals surface area contributed by atoms with Crippen LogP contribution in [0.15, 0.2) is 85.2 Å². The van der Waals surface area contributed by atoms with Crippen LogP contribution in [0.4, 0.5) is 4.79 Å². The Labute approximate surface area is 362 Å². The molecule has 2 aromatic heterocycles. The average molecular weight is 837 g/mol. The minimum Gasteiger partial charge on any atom is -0.453 e. The number of H-pyrrole nitrogens is 2. The van der Waals surface area contributed by atoms with Gasteiger partial charge in [0.25, 0.3) is 0 Å². The Bertz CT molecular complexity index is 2450. The predicted octanol–water partition coefficient (Wildman–Crippen LogP) is 8.70. The van der Waals surface area contributed by atoms with Gasteiger partial charge in [-0.3, -0.25) is 14.4 Å². The van der Waals surface area contributed by atoms with E-state index in [-0.39, 0.29) is 41.6 Å². The van der Waals surface area contributed by atoms with Crippen molar-refractivity contribution in [1.29, 1.82) is 0 Å². The summed E-state index contributed by atoms with van der Waals surface area (Å²) in [6.07, 6.45) is 6.67. The lowest BCUT2D eigenvalue weighted by molar-refractivity contribution is -0.138. The van der Waals surface area contributed by atoms with Crippen LogP contribution in [0.5, 0.6) is 0 Å². The van der Waals surface area contributed by atoms with E-state index in [0.29, 0.717) is 19.5 Å². The van der Waals surface area contributed by atoms with Gasteiger partial charge in [-0.15, -0.1) is 0 Å². The summed E-state index contributed by atoms with van der Waals surface area (Å²) in [5, 5.41) is 10.0. The fraction of sp³-hybridized carbons (Fsp3) is 0.388. The maximum atomic E-state index is 13.8. The van der Waals surface area contributed by atoms with Crippen LogP contribution in [-0.2, 0) is 19.1 Å². The first-order chi connectivity index (χ1) is 30.0. The molecule has 6 aromatic rings. The lowest BCUT2D eigenvalue weighted by Crippen LogP contribution is -2.51. The highest BCUT2D eigenvalue weighted by atomic mass is 16.5. The Balaban J connectivity index is 1.08. The van der Waals surface area contributed by atoms with Crippen molar-refractivity contribution in [3.8, 4) is 33.6 Å². The molecular weight excluding hydrogens is 781 g/mol. The zero-order chi connectivity index (χ0) is 43.7. The molecule has 13 nitrogen and oxygen atoms in total. The number of rotatable bonds is 12. The lowest BCUT2D eigenvalue weighted by atomic mass is 9.89. The summed E-state index contributed by atoms with van der Waals surface area (Å²) in [6, 6.07) is 23.7. The average Bonchev–Trinajstić information content (AvgIpc) is 4.13. The van der Waals surface area contributed by atoms with Crippen molar-refractivity contribution in [2.24, 2.45) is 11.8 Å². The lowest BCUT2D eigenvalue weighted by Gasteiger charge is -2.30. The van der Waals surface area contributed by atoms with Crippen molar-refractivity contribution in [3.05, 3.63) is 96.8 Å². The summed E-state index contributed by atoms with van der Waals surface area (Å²) in [5.74, 6) is 0.956. The molecule has 0 spiro atoms.